The number of aromatic nitrogens is 5. The van der Waals surface area contributed by atoms with Gasteiger partial charge < -0.3 is 10.1 Å². The Kier molecular flexibility index (Phi) is 6.10. The van der Waals surface area contributed by atoms with Crippen LogP contribution in [0.5, 0.6) is 5.75 Å². The number of ether oxygens (including phenoxy) is 1. The summed E-state index contributed by atoms with van der Waals surface area (Å²) in [4.78, 5) is 20.9. The van der Waals surface area contributed by atoms with Crippen molar-refractivity contribution in [3.8, 4) is 5.75 Å². The van der Waals surface area contributed by atoms with Crippen molar-refractivity contribution < 1.29 is 9.53 Å². The molecule has 0 aliphatic heterocycles. The summed E-state index contributed by atoms with van der Waals surface area (Å²) in [5, 5.41) is 12.5. The van der Waals surface area contributed by atoms with E-state index in [2.05, 4.69) is 25.6 Å². The Morgan fingerprint density at radius 1 is 1.17 bits per heavy atom. The van der Waals surface area contributed by atoms with Crippen molar-refractivity contribution in [2.45, 2.75) is 11.6 Å². The summed E-state index contributed by atoms with van der Waals surface area (Å²) in [5.41, 5.74) is 2.74. The fraction of sp³-hybridized carbons (Fsp3) is 0.150. The van der Waals surface area contributed by atoms with Gasteiger partial charge in [-0.1, -0.05) is 46.8 Å². The number of anilines is 1. The topological polar surface area (TPSA) is 94.8 Å². The summed E-state index contributed by atoms with van der Waals surface area (Å²) in [6.07, 6.45) is 1.44. The number of carbonyl (C=O) groups is 1. The molecular formula is C20H17ClN6O2S. The summed E-state index contributed by atoms with van der Waals surface area (Å²) in [6.45, 7) is 0.440. The number of benzene rings is 2. The maximum atomic E-state index is 12.3. The lowest BCUT2D eigenvalue weighted by Crippen LogP contribution is -2.14. The smallest absolute Gasteiger partial charge is 0.234 e. The molecule has 1 N–H and O–H groups in total. The lowest BCUT2D eigenvalue weighted by molar-refractivity contribution is -0.113. The number of methoxy groups -OCH3 is 1. The lowest BCUT2D eigenvalue weighted by atomic mass is 10.2. The van der Waals surface area contributed by atoms with Crippen LogP contribution in [-0.4, -0.2) is 43.7 Å². The Labute approximate surface area is 181 Å². The normalized spacial score (nSPS) is 10.9. The molecule has 10 heteroatoms. The fourth-order valence-electron chi connectivity index (χ4n) is 2.78. The summed E-state index contributed by atoms with van der Waals surface area (Å²) < 4.78 is 6.78. The van der Waals surface area contributed by atoms with Crippen LogP contribution in [0.3, 0.4) is 0 Å². The van der Waals surface area contributed by atoms with E-state index < -0.39 is 0 Å². The monoisotopic (exact) mass is 440 g/mol. The van der Waals surface area contributed by atoms with E-state index in [1.807, 2.05) is 24.3 Å². The van der Waals surface area contributed by atoms with Gasteiger partial charge in [0.05, 0.1) is 19.4 Å². The van der Waals surface area contributed by atoms with E-state index in [1.165, 1.54) is 18.1 Å². The second kappa shape index (κ2) is 9.10. The van der Waals surface area contributed by atoms with Crippen molar-refractivity contribution in [1.82, 2.24) is 25.0 Å². The molecule has 0 unspecified atom stereocenters. The highest BCUT2D eigenvalue weighted by Crippen LogP contribution is 2.24. The van der Waals surface area contributed by atoms with E-state index in [4.69, 9.17) is 16.3 Å². The van der Waals surface area contributed by atoms with Crippen molar-refractivity contribution >= 4 is 46.1 Å². The minimum atomic E-state index is -0.152. The number of fused-ring (bicyclic) bond motifs is 1. The molecule has 0 saturated heterocycles. The van der Waals surface area contributed by atoms with Crippen LogP contribution in [0.4, 0.5) is 5.69 Å². The largest absolute Gasteiger partial charge is 0.497 e. The molecule has 0 fully saturated rings. The number of halogens is 1. The van der Waals surface area contributed by atoms with Crippen LogP contribution >= 0.6 is 23.4 Å². The first-order valence-corrected chi connectivity index (χ1v) is 10.3. The van der Waals surface area contributed by atoms with Gasteiger partial charge in [0.15, 0.2) is 11.2 Å². The van der Waals surface area contributed by atoms with Crippen LogP contribution < -0.4 is 10.1 Å². The van der Waals surface area contributed by atoms with Gasteiger partial charge in [-0.15, -0.1) is 5.10 Å². The molecule has 2 aromatic carbocycles. The van der Waals surface area contributed by atoms with Crippen molar-refractivity contribution in [2.75, 3.05) is 18.2 Å². The Morgan fingerprint density at radius 3 is 2.73 bits per heavy atom. The first-order valence-electron chi connectivity index (χ1n) is 8.98. The number of rotatable bonds is 7. The number of hydrogen-bond acceptors (Lipinski definition) is 7. The molecule has 4 aromatic rings. The van der Waals surface area contributed by atoms with E-state index in [0.29, 0.717) is 33.4 Å². The average Bonchev–Trinajstić information content (AvgIpc) is 3.18. The van der Waals surface area contributed by atoms with E-state index in [-0.39, 0.29) is 11.7 Å². The van der Waals surface area contributed by atoms with Crippen molar-refractivity contribution in [1.29, 1.82) is 0 Å². The van der Waals surface area contributed by atoms with Gasteiger partial charge in [-0.25, -0.2) is 14.6 Å². The Balaban J connectivity index is 1.45. The first kappa shape index (κ1) is 20.1. The van der Waals surface area contributed by atoms with Gasteiger partial charge in [-0.2, -0.15) is 0 Å². The molecule has 2 heterocycles. The molecule has 1 amide bonds. The predicted molar refractivity (Wildman–Crippen MR) is 116 cm³/mol. The van der Waals surface area contributed by atoms with Crippen molar-refractivity contribution in [2.24, 2.45) is 0 Å². The minimum Gasteiger partial charge on any atom is -0.497 e. The molecule has 4 rings (SSSR count). The second-order valence-corrected chi connectivity index (χ2v) is 7.63. The highest BCUT2D eigenvalue weighted by atomic mass is 35.5. The quantitative estimate of drug-likeness (QED) is 0.346. The highest BCUT2D eigenvalue weighted by molar-refractivity contribution is 8.00. The predicted octanol–water partition coefficient (Wildman–Crippen LogP) is 3.66. The number of amides is 1. The standard InChI is InChI=1S/C20H17ClN6O2S/c1-29-15-8-6-14(7-9-15)24-17(28)11-30-20-18-19(22-12-23-20)27(26-25-18)10-13-4-2-3-5-16(13)21/h2-9,12H,10-11H2,1H3,(H,24,28). The molecule has 0 bridgehead atoms. The summed E-state index contributed by atoms with van der Waals surface area (Å²) >= 11 is 7.52. The van der Waals surface area contributed by atoms with Crippen LogP contribution in [0.2, 0.25) is 5.02 Å². The zero-order chi connectivity index (χ0) is 20.9. The zero-order valence-electron chi connectivity index (χ0n) is 15.9. The van der Waals surface area contributed by atoms with Crippen LogP contribution in [0.1, 0.15) is 5.56 Å². The van der Waals surface area contributed by atoms with Gasteiger partial charge in [0, 0.05) is 10.7 Å². The maximum Gasteiger partial charge on any atom is 0.234 e. The number of carbonyl (C=O) groups excluding carboxylic acids is 1. The fourth-order valence-corrected chi connectivity index (χ4v) is 3.70. The first-order chi connectivity index (χ1) is 14.6. The van der Waals surface area contributed by atoms with Crippen LogP contribution in [-0.2, 0) is 11.3 Å². The minimum absolute atomic E-state index is 0.152. The molecule has 0 atom stereocenters. The third-order valence-electron chi connectivity index (χ3n) is 4.26. The van der Waals surface area contributed by atoms with Crippen LogP contribution in [0, 0.1) is 0 Å². The third-order valence-corrected chi connectivity index (χ3v) is 5.61. The van der Waals surface area contributed by atoms with Crippen molar-refractivity contribution in [3.05, 3.63) is 65.4 Å². The number of hydrogen-bond donors (Lipinski definition) is 1. The van der Waals surface area contributed by atoms with Gasteiger partial charge in [0.25, 0.3) is 0 Å². The highest BCUT2D eigenvalue weighted by Gasteiger charge is 2.14. The Morgan fingerprint density at radius 2 is 1.97 bits per heavy atom. The van der Waals surface area contributed by atoms with Crippen LogP contribution in [0.25, 0.3) is 11.2 Å². The van der Waals surface area contributed by atoms with Gasteiger partial charge in [0.1, 0.15) is 17.1 Å². The Bertz CT molecular complexity index is 1180. The molecule has 0 radical (unpaired) electrons. The maximum absolute atomic E-state index is 12.3. The molecule has 0 saturated carbocycles. The third kappa shape index (κ3) is 4.52. The number of thioether (sulfide) groups is 1. The summed E-state index contributed by atoms with van der Waals surface area (Å²) in [5.74, 6) is 0.751. The average molecular weight is 441 g/mol. The van der Waals surface area contributed by atoms with E-state index in [0.717, 1.165) is 11.3 Å². The number of nitrogens with one attached hydrogen (secondary N) is 1. The second-order valence-electron chi connectivity index (χ2n) is 6.25. The summed E-state index contributed by atoms with van der Waals surface area (Å²) in [7, 11) is 1.59. The molecule has 30 heavy (non-hydrogen) atoms. The SMILES string of the molecule is COc1ccc(NC(=O)CSc2ncnc3c2nnn3Cc2ccccc2Cl)cc1. The molecule has 0 aliphatic carbocycles. The Hall–Kier alpha value is -3.17. The summed E-state index contributed by atoms with van der Waals surface area (Å²) in [6, 6.07) is 14.7. The van der Waals surface area contributed by atoms with Gasteiger partial charge in [0.2, 0.25) is 5.91 Å². The zero-order valence-corrected chi connectivity index (χ0v) is 17.5. The molecule has 152 valence electrons. The number of nitrogens with zero attached hydrogens (tertiary/aromatic N) is 5. The van der Waals surface area contributed by atoms with E-state index in [1.54, 1.807) is 36.1 Å². The molecule has 8 nitrogen and oxygen atoms in total. The van der Waals surface area contributed by atoms with Gasteiger partial charge in [-0.3, -0.25) is 4.79 Å². The molecular weight excluding hydrogens is 424 g/mol. The van der Waals surface area contributed by atoms with Crippen molar-refractivity contribution in [3.63, 3.8) is 0 Å². The van der Waals surface area contributed by atoms with Gasteiger partial charge in [-0.05, 0) is 35.9 Å². The molecule has 2 aromatic heterocycles. The lowest BCUT2D eigenvalue weighted by Gasteiger charge is -2.06. The van der Waals surface area contributed by atoms with E-state index >= 15 is 0 Å². The molecule has 0 spiro atoms. The van der Waals surface area contributed by atoms with E-state index in [9.17, 15) is 4.79 Å². The molecule has 0 aliphatic rings. The van der Waals surface area contributed by atoms with Gasteiger partial charge >= 0.3 is 0 Å². The van der Waals surface area contributed by atoms with Crippen LogP contribution in [0.15, 0.2) is 59.9 Å².